The van der Waals surface area contributed by atoms with Crippen LogP contribution in [-0.4, -0.2) is 51.6 Å². The number of aryl methyl sites for hydroxylation is 2. The molecule has 1 heterocycles. The Kier molecular flexibility index (Phi) is 11.8. The van der Waals surface area contributed by atoms with Crippen LogP contribution in [0.3, 0.4) is 0 Å². The van der Waals surface area contributed by atoms with Crippen LogP contribution in [0.15, 0.2) is 82.6 Å². The van der Waals surface area contributed by atoms with Crippen LogP contribution in [0.2, 0.25) is 0 Å². The Bertz CT molecular complexity index is 1140. The second-order valence-corrected chi connectivity index (χ2v) is 13.8. The molecule has 0 aliphatic carbocycles. The lowest BCUT2D eigenvalue weighted by molar-refractivity contribution is 0.397. The van der Waals surface area contributed by atoms with Crippen molar-refractivity contribution in [2.45, 2.75) is 75.0 Å². The van der Waals surface area contributed by atoms with E-state index in [1.165, 1.54) is 0 Å². The van der Waals surface area contributed by atoms with Gasteiger partial charge in [0.05, 0.1) is 9.79 Å². The van der Waals surface area contributed by atoms with Gasteiger partial charge in [-0.3, -0.25) is 0 Å². The van der Waals surface area contributed by atoms with Gasteiger partial charge in [0.2, 0.25) is 20.0 Å². The van der Waals surface area contributed by atoms with Gasteiger partial charge in [-0.25, -0.2) is 16.8 Å². The summed E-state index contributed by atoms with van der Waals surface area (Å²) in [6, 6.07) is 14.1. The molecule has 38 heavy (non-hydrogen) atoms. The molecule has 1 aliphatic rings. The minimum absolute atomic E-state index is 0.349. The fraction of sp³-hybridized carbons (Fsp3) is 0.467. The molecule has 0 bridgehead atoms. The topological polar surface area (TPSA) is 74.8 Å². The van der Waals surface area contributed by atoms with Gasteiger partial charge in [-0.2, -0.15) is 8.61 Å². The predicted octanol–water partition coefficient (Wildman–Crippen LogP) is 6.23. The second kappa shape index (κ2) is 14.8. The Balaban J connectivity index is 1.65. The zero-order valence-corrected chi connectivity index (χ0v) is 24.4. The normalized spacial score (nSPS) is 20.3. The van der Waals surface area contributed by atoms with Gasteiger partial charge in [0.15, 0.2) is 0 Å². The SMILES string of the molecule is Cc1ccc(S(=O)(=O)N2CCC/C=C/CCCN(S(=O)(=O)c3ccc(C)cc3)CCC/C=C/CCC2)cc1. The summed E-state index contributed by atoms with van der Waals surface area (Å²) in [6.07, 6.45) is 14.4. The number of sulfonamides is 2. The number of allylic oxidation sites excluding steroid dienone is 4. The van der Waals surface area contributed by atoms with E-state index in [4.69, 9.17) is 0 Å². The number of hydrogen-bond donors (Lipinski definition) is 0. The molecule has 1 aliphatic heterocycles. The van der Waals surface area contributed by atoms with E-state index < -0.39 is 20.0 Å². The van der Waals surface area contributed by atoms with Crippen LogP contribution < -0.4 is 0 Å². The zero-order chi connectivity index (χ0) is 27.4. The molecule has 208 valence electrons. The van der Waals surface area contributed by atoms with E-state index >= 15 is 0 Å². The van der Waals surface area contributed by atoms with Crippen LogP contribution in [0.1, 0.15) is 62.5 Å². The summed E-state index contributed by atoms with van der Waals surface area (Å²) in [7, 11) is -7.06. The van der Waals surface area contributed by atoms with Gasteiger partial charge in [-0.15, -0.1) is 0 Å². The standard InChI is InChI=1S/C30H42N2O4S2/c1-27-15-19-29(20-16-27)37(33,34)31-23-11-7-3-5-9-13-25-32(26-14-10-6-4-8-12-24-31)38(35,36)30-21-17-28(2)18-22-30/h3-6,15-22H,7-14,23-26H2,1-2H3/b5-3+,6-4+. The van der Waals surface area contributed by atoms with Gasteiger partial charge < -0.3 is 0 Å². The molecule has 0 amide bonds. The summed E-state index contributed by atoms with van der Waals surface area (Å²) in [4.78, 5) is 0.697. The molecular formula is C30H42N2O4S2. The molecular weight excluding hydrogens is 516 g/mol. The van der Waals surface area contributed by atoms with Crippen molar-refractivity contribution >= 4 is 20.0 Å². The Morgan fingerprint density at radius 2 is 0.737 bits per heavy atom. The summed E-state index contributed by atoms with van der Waals surface area (Å²) in [5.41, 5.74) is 2.07. The summed E-state index contributed by atoms with van der Waals surface area (Å²) in [5, 5.41) is 0. The molecule has 0 unspecified atom stereocenters. The van der Waals surface area contributed by atoms with Crippen LogP contribution in [0.25, 0.3) is 0 Å². The van der Waals surface area contributed by atoms with Crippen LogP contribution in [-0.2, 0) is 20.0 Å². The Morgan fingerprint density at radius 1 is 0.474 bits per heavy atom. The molecule has 0 atom stereocenters. The van der Waals surface area contributed by atoms with Crippen molar-refractivity contribution in [1.29, 1.82) is 0 Å². The summed E-state index contributed by atoms with van der Waals surface area (Å²) in [6.45, 7) is 5.82. The maximum atomic E-state index is 13.3. The first-order valence-electron chi connectivity index (χ1n) is 13.6. The highest BCUT2D eigenvalue weighted by Crippen LogP contribution is 2.20. The third-order valence-corrected chi connectivity index (χ3v) is 10.6. The molecule has 0 aromatic heterocycles. The van der Waals surface area contributed by atoms with Crippen molar-refractivity contribution in [3.63, 3.8) is 0 Å². The summed E-state index contributed by atoms with van der Waals surface area (Å²) in [5.74, 6) is 0. The molecule has 8 heteroatoms. The lowest BCUT2D eigenvalue weighted by Gasteiger charge is -2.22. The zero-order valence-electron chi connectivity index (χ0n) is 22.8. The highest BCUT2D eigenvalue weighted by Gasteiger charge is 2.24. The minimum Gasteiger partial charge on any atom is -0.207 e. The largest absolute Gasteiger partial charge is 0.243 e. The van der Waals surface area contributed by atoms with Gasteiger partial charge in [0.1, 0.15) is 0 Å². The molecule has 0 saturated heterocycles. The molecule has 6 nitrogen and oxygen atoms in total. The average Bonchev–Trinajstić information content (AvgIpc) is 2.89. The molecule has 0 N–H and O–H groups in total. The fourth-order valence-electron chi connectivity index (χ4n) is 4.44. The van der Waals surface area contributed by atoms with E-state index in [1.807, 2.05) is 38.1 Å². The number of benzene rings is 2. The molecule has 2 aromatic carbocycles. The monoisotopic (exact) mass is 558 g/mol. The number of nitrogens with zero attached hydrogens (tertiary/aromatic N) is 2. The minimum atomic E-state index is -3.53. The van der Waals surface area contributed by atoms with Crippen molar-refractivity contribution < 1.29 is 16.8 Å². The van der Waals surface area contributed by atoms with E-state index in [2.05, 4.69) is 24.3 Å². The Labute approximate surface area is 230 Å². The van der Waals surface area contributed by atoms with Gasteiger partial charge >= 0.3 is 0 Å². The lowest BCUT2D eigenvalue weighted by Crippen LogP contribution is -2.33. The summed E-state index contributed by atoms with van der Waals surface area (Å²) < 4.78 is 56.4. The van der Waals surface area contributed by atoms with Gasteiger partial charge in [0.25, 0.3) is 0 Å². The van der Waals surface area contributed by atoms with E-state index in [0.29, 0.717) is 36.0 Å². The van der Waals surface area contributed by atoms with Crippen molar-refractivity contribution in [2.24, 2.45) is 0 Å². The second-order valence-electron chi connectivity index (χ2n) is 9.95. The molecule has 2 aromatic rings. The maximum absolute atomic E-state index is 13.3. The van der Waals surface area contributed by atoms with Crippen LogP contribution in [0, 0.1) is 13.8 Å². The van der Waals surface area contributed by atoms with E-state index in [1.54, 1.807) is 32.9 Å². The van der Waals surface area contributed by atoms with Gasteiger partial charge in [0, 0.05) is 26.2 Å². The highest BCUT2D eigenvalue weighted by atomic mass is 32.2. The van der Waals surface area contributed by atoms with Gasteiger partial charge in [-0.1, -0.05) is 59.7 Å². The van der Waals surface area contributed by atoms with Crippen LogP contribution in [0.4, 0.5) is 0 Å². The number of hydrogen-bond acceptors (Lipinski definition) is 4. The quantitative estimate of drug-likeness (QED) is 0.417. The third-order valence-electron chi connectivity index (χ3n) is 6.76. The first-order chi connectivity index (χ1) is 18.2. The molecule has 3 rings (SSSR count). The smallest absolute Gasteiger partial charge is 0.207 e. The molecule has 0 fully saturated rings. The molecule has 0 saturated carbocycles. The van der Waals surface area contributed by atoms with Crippen LogP contribution in [0.5, 0.6) is 0 Å². The van der Waals surface area contributed by atoms with E-state index in [-0.39, 0.29) is 0 Å². The molecule has 0 spiro atoms. The first-order valence-corrected chi connectivity index (χ1v) is 16.5. The lowest BCUT2D eigenvalue weighted by atomic mass is 10.2. The van der Waals surface area contributed by atoms with Crippen molar-refractivity contribution in [3.05, 3.63) is 84.0 Å². The fourth-order valence-corrected chi connectivity index (χ4v) is 7.47. The molecule has 0 radical (unpaired) electrons. The predicted molar refractivity (Wildman–Crippen MR) is 155 cm³/mol. The Morgan fingerprint density at radius 3 is 1.00 bits per heavy atom. The number of rotatable bonds is 4. The third kappa shape index (κ3) is 8.90. The highest BCUT2D eigenvalue weighted by molar-refractivity contribution is 7.89. The Hall–Kier alpha value is -2.26. The summed E-state index contributed by atoms with van der Waals surface area (Å²) >= 11 is 0. The maximum Gasteiger partial charge on any atom is 0.243 e. The first kappa shape index (κ1) is 30.3. The average molecular weight is 559 g/mol. The van der Waals surface area contributed by atoms with E-state index in [9.17, 15) is 16.8 Å². The van der Waals surface area contributed by atoms with Gasteiger partial charge in [-0.05, 0) is 89.5 Å². The van der Waals surface area contributed by atoms with Crippen molar-refractivity contribution in [3.8, 4) is 0 Å². The van der Waals surface area contributed by atoms with Crippen molar-refractivity contribution in [2.75, 3.05) is 26.2 Å². The van der Waals surface area contributed by atoms with E-state index in [0.717, 1.165) is 62.5 Å². The van der Waals surface area contributed by atoms with Crippen molar-refractivity contribution in [1.82, 2.24) is 8.61 Å². The van der Waals surface area contributed by atoms with Crippen LogP contribution >= 0.6 is 0 Å².